The van der Waals surface area contributed by atoms with Gasteiger partial charge >= 0.3 is 35.3 Å². The Balaban J connectivity index is 0. The minimum atomic E-state index is -4.47. The molecule has 0 atom stereocenters. The fourth-order valence-corrected chi connectivity index (χ4v) is 0. The number of hydrogen-bond acceptors (Lipinski definition) is 3. The molecule has 0 unspecified atom stereocenters. The van der Waals surface area contributed by atoms with Crippen LogP contribution < -0.4 is 0 Å². The van der Waals surface area contributed by atoms with E-state index in [1.165, 1.54) is 0 Å². The van der Waals surface area contributed by atoms with Crippen molar-refractivity contribution in [2.24, 2.45) is 0 Å². The maximum Gasteiger partial charge on any atom is 0 e. The topological polar surface area (TPSA) is 51.2 Å². The minimum absolute atomic E-state index is 0. The average Bonchev–Trinajstić information content (AvgIpc) is 0.811. The first-order chi connectivity index (χ1) is 1.73. The largest absolute Gasteiger partial charge is 0 e. The van der Waals surface area contributed by atoms with Gasteiger partial charge in [0.05, 0.1) is 0 Å². The monoisotopic (exact) mass is 232 g/mol. The Bertz CT molecular complexity index is 76.3. The quantitative estimate of drug-likeness (QED) is 0.573. The zero-order valence-corrected chi connectivity index (χ0v) is 7.81. The molecule has 0 rings (SSSR count). The van der Waals surface area contributed by atoms with Crippen molar-refractivity contribution in [3.63, 3.8) is 0 Å². The Labute approximate surface area is 60.1 Å². The van der Waals surface area contributed by atoms with Crippen LogP contribution in [0.3, 0.4) is 0 Å². The first-order valence-electron chi connectivity index (χ1n) is 0.707. The van der Waals surface area contributed by atoms with E-state index >= 15 is 0 Å². The predicted molar refractivity (Wildman–Crippen MR) is 2.06 cm³/mol. The van der Waals surface area contributed by atoms with Gasteiger partial charge in [0.2, 0.25) is 0 Å². The first-order valence-corrected chi connectivity index (χ1v) is 5.15. The van der Waals surface area contributed by atoms with Crippen molar-refractivity contribution < 1.29 is 61.2 Å². The van der Waals surface area contributed by atoms with E-state index in [9.17, 15) is 0 Å². The van der Waals surface area contributed by atoms with Crippen LogP contribution in [-0.4, -0.2) is 0 Å². The first kappa shape index (κ1) is 9.69. The summed E-state index contributed by atoms with van der Waals surface area (Å²) in [5, 5.41) is 0. The van der Waals surface area contributed by atoms with E-state index in [1.807, 2.05) is 0 Å². The molecular weight excluding hydrogens is 232 g/mol. The molecule has 0 saturated carbocycles. The van der Waals surface area contributed by atoms with Crippen LogP contribution in [0.2, 0.25) is 0 Å². The van der Waals surface area contributed by atoms with E-state index in [0.717, 1.165) is 0 Å². The van der Waals surface area contributed by atoms with Crippen LogP contribution >= 0.6 is 0 Å². The summed E-state index contributed by atoms with van der Waals surface area (Å²) >= 11 is -4.47. The summed E-state index contributed by atoms with van der Waals surface area (Å²) in [5.41, 5.74) is 0. The van der Waals surface area contributed by atoms with Crippen molar-refractivity contribution in [1.29, 1.82) is 0 Å². The van der Waals surface area contributed by atoms with Crippen molar-refractivity contribution in [1.82, 2.24) is 0 Å². The van der Waals surface area contributed by atoms with Crippen molar-refractivity contribution in [3.05, 3.63) is 0 Å². The molecule has 0 amide bonds. The van der Waals surface area contributed by atoms with Crippen molar-refractivity contribution >= 4 is 0 Å². The van der Waals surface area contributed by atoms with Gasteiger partial charge in [0, 0.05) is 25.8 Å². The molecule has 5 heavy (non-hydrogen) atoms. The Morgan fingerprint density at radius 2 is 1.00 bits per heavy atom. The summed E-state index contributed by atoms with van der Waals surface area (Å²) in [6.07, 6.45) is 0. The van der Waals surface area contributed by atoms with Gasteiger partial charge < -0.3 is 0 Å². The van der Waals surface area contributed by atoms with E-state index in [2.05, 4.69) is 0 Å². The molecule has 0 aliphatic rings. The molecule has 3 nitrogen and oxygen atoms in total. The van der Waals surface area contributed by atoms with E-state index in [4.69, 9.17) is 5.09 Å². The molecular formula is LaO3Sc. The summed E-state index contributed by atoms with van der Waals surface area (Å²) < 4.78 is 25.9. The molecule has 0 spiro atoms. The van der Waals surface area contributed by atoms with Crippen molar-refractivity contribution in [3.8, 4) is 0 Å². The standard InChI is InChI=1S/La.3O.Sc. The summed E-state index contributed by atoms with van der Waals surface area (Å²) in [6, 6.07) is 0. The minimum Gasteiger partial charge on any atom is 0 e. The van der Waals surface area contributed by atoms with Crippen LogP contribution in [0.1, 0.15) is 0 Å². The van der Waals surface area contributed by atoms with E-state index in [0.29, 0.717) is 0 Å². The summed E-state index contributed by atoms with van der Waals surface area (Å²) in [5.74, 6) is 0. The molecule has 0 heterocycles. The molecule has 0 aromatic rings. The number of hydrogen-bond donors (Lipinski definition) is 0. The van der Waals surface area contributed by atoms with Crippen molar-refractivity contribution in [2.75, 3.05) is 0 Å². The van der Waals surface area contributed by atoms with Crippen LogP contribution in [0, 0.1) is 30.2 Å². The second-order valence-electron chi connectivity index (χ2n) is 0.289. The normalized spacial score (nSPS) is 3.00. The third kappa shape index (κ3) is 30.6. The zero-order valence-electron chi connectivity index (χ0n) is 2.38. The fraction of sp³-hybridized carbons (Fsp3) is 0. The Morgan fingerprint density at radius 1 is 1.00 bits per heavy atom. The Hall–Kier alpha value is 1.46. The van der Waals surface area contributed by atoms with Gasteiger partial charge in [0.15, 0.2) is 0 Å². The van der Waals surface area contributed by atoms with Crippen LogP contribution in [0.25, 0.3) is 0 Å². The second kappa shape index (κ2) is 5.46. The molecule has 0 fully saturated rings. The smallest absolute Gasteiger partial charge is 0 e. The molecule has 0 aromatic carbocycles. The van der Waals surface area contributed by atoms with Gasteiger partial charge in [0.1, 0.15) is 0 Å². The average molecular weight is 232 g/mol. The third-order valence-corrected chi connectivity index (χ3v) is 0. The third-order valence-electron chi connectivity index (χ3n) is 0. The van der Waals surface area contributed by atoms with Gasteiger partial charge in [-0.2, -0.15) is 0 Å². The van der Waals surface area contributed by atoms with Gasteiger partial charge in [-0.1, -0.05) is 0 Å². The second-order valence-corrected chi connectivity index (χ2v) is 2.10. The number of rotatable bonds is 0. The van der Waals surface area contributed by atoms with E-state index in [-0.39, 0.29) is 25.8 Å². The van der Waals surface area contributed by atoms with E-state index in [1.54, 1.807) is 0 Å². The van der Waals surface area contributed by atoms with E-state index < -0.39 is 30.2 Å². The van der Waals surface area contributed by atoms with Gasteiger partial charge in [-0.05, 0) is 0 Å². The van der Waals surface area contributed by atoms with Crippen LogP contribution in [-0.2, 0) is 30.9 Å². The Morgan fingerprint density at radius 3 is 1.00 bits per heavy atom. The maximum atomic E-state index is 8.64. The van der Waals surface area contributed by atoms with Crippen LogP contribution in [0.4, 0.5) is 0 Å². The molecule has 0 aliphatic carbocycles. The summed E-state index contributed by atoms with van der Waals surface area (Å²) in [6.45, 7) is 0. The van der Waals surface area contributed by atoms with Crippen LogP contribution in [0.15, 0.2) is 0 Å². The van der Waals surface area contributed by atoms with Crippen molar-refractivity contribution in [2.45, 2.75) is 0 Å². The summed E-state index contributed by atoms with van der Waals surface area (Å²) in [7, 11) is 0. The molecule has 24 valence electrons. The zero-order chi connectivity index (χ0) is 3.58. The van der Waals surface area contributed by atoms with Crippen LogP contribution in [0.5, 0.6) is 0 Å². The van der Waals surface area contributed by atoms with Gasteiger partial charge in [-0.15, -0.1) is 0 Å². The predicted octanol–water partition coefficient (Wildman–Crippen LogP) is -0.359. The fourth-order valence-electron chi connectivity index (χ4n) is 0. The maximum absolute atomic E-state index is 8.64. The molecule has 0 N–H and O–H groups in total. The van der Waals surface area contributed by atoms with Gasteiger partial charge in [0.25, 0.3) is 0 Å². The molecule has 0 bridgehead atoms. The van der Waals surface area contributed by atoms with Gasteiger partial charge in [-0.25, -0.2) is 0 Å². The SMILES string of the molecule is [O]=[La](=[O])=[O].[Sc]. The van der Waals surface area contributed by atoms with Gasteiger partial charge in [-0.3, -0.25) is 0 Å². The molecule has 0 aliphatic heterocycles. The molecule has 0 saturated heterocycles. The molecule has 0 aromatic heterocycles. The molecule has 5 heteroatoms. The molecule has 1 radical (unpaired) electrons. The Kier molecular flexibility index (Phi) is 10.6. The summed E-state index contributed by atoms with van der Waals surface area (Å²) in [4.78, 5) is 0.